The molecule has 0 saturated carbocycles. The Balaban J connectivity index is 2.24. The summed E-state index contributed by atoms with van der Waals surface area (Å²) in [7, 11) is 1.61. The molecule has 0 spiro atoms. The quantitative estimate of drug-likeness (QED) is 0.829. The van der Waals surface area contributed by atoms with Gasteiger partial charge in [-0.1, -0.05) is 6.92 Å². The van der Waals surface area contributed by atoms with Gasteiger partial charge in [-0.05, 0) is 59.8 Å². The van der Waals surface area contributed by atoms with Crippen molar-refractivity contribution in [3.05, 3.63) is 28.2 Å². The highest BCUT2D eigenvalue weighted by Crippen LogP contribution is 2.28. The number of amides is 1. The number of carbonyl (C=O) groups is 1. The topological polar surface area (TPSA) is 29.5 Å². The van der Waals surface area contributed by atoms with Gasteiger partial charge in [-0.15, -0.1) is 0 Å². The minimum atomic E-state index is 0.0881. The number of ether oxygens (including phenoxy) is 1. The van der Waals surface area contributed by atoms with Crippen LogP contribution in [0, 0.1) is 5.92 Å². The summed E-state index contributed by atoms with van der Waals surface area (Å²) in [5.41, 5.74) is 0.681. The van der Waals surface area contributed by atoms with Crippen molar-refractivity contribution in [2.45, 2.75) is 32.7 Å². The SMILES string of the molecule is COc1ccc(Br)c(C(=O)N2CCC(C)CC2C)c1. The summed E-state index contributed by atoms with van der Waals surface area (Å²) in [4.78, 5) is 14.6. The van der Waals surface area contributed by atoms with Gasteiger partial charge in [0.1, 0.15) is 5.75 Å². The molecule has 0 bridgehead atoms. The van der Waals surface area contributed by atoms with E-state index in [2.05, 4.69) is 29.8 Å². The van der Waals surface area contributed by atoms with Crippen LogP contribution in [0.2, 0.25) is 0 Å². The van der Waals surface area contributed by atoms with E-state index >= 15 is 0 Å². The summed E-state index contributed by atoms with van der Waals surface area (Å²) in [6.45, 7) is 5.21. The molecular weight excluding hydrogens is 306 g/mol. The zero-order valence-corrected chi connectivity index (χ0v) is 13.2. The van der Waals surface area contributed by atoms with Gasteiger partial charge in [-0.3, -0.25) is 4.79 Å². The van der Waals surface area contributed by atoms with Crippen LogP contribution in [0.1, 0.15) is 37.0 Å². The van der Waals surface area contributed by atoms with Crippen molar-refractivity contribution >= 4 is 21.8 Å². The van der Waals surface area contributed by atoms with Crippen LogP contribution in [0.4, 0.5) is 0 Å². The molecule has 1 saturated heterocycles. The lowest BCUT2D eigenvalue weighted by atomic mass is 9.93. The molecule has 4 heteroatoms. The molecule has 104 valence electrons. The first-order chi connectivity index (χ1) is 9.02. The van der Waals surface area contributed by atoms with E-state index in [0.717, 1.165) is 23.9 Å². The third kappa shape index (κ3) is 3.11. The smallest absolute Gasteiger partial charge is 0.255 e. The predicted octanol–water partition coefficient (Wildman–Crippen LogP) is 3.72. The molecule has 1 fully saturated rings. The first-order valence-corrected chi connectivity index (χ1v) is 7.46. The summed E-state index contributed by atoms with van der Waals surface area (Å²) in [6, 6.07) is 5.82. The number of halogens is 1. The first-order valence-electron chi connectivity index (χ1n) is 6.67. The largest absolute Gasteiger partial charge is 0.497 e. The standard InChI is InChI=1S/C15H20BrNO2/c1-10-6-7-17(11(2)8-10)15(18)13-9-12(19-3)4-5-14(13)16/h4-5,9-11H,6-8H2,1-3H3. The first kappa shape index (κ1) is 14.4. The third-order valence-corrected chi connectivity index (χ3v) is 4.49. The lowest BCUT2D eigenvalue weighted by Crippen LogP contribution is -2.44. The lowest BCUT2D eigenvalue weighted by Gasteiger charge is -2.36. The average molecular weight is 326 g/mol. The molecule has 0 aromatic heterocycles. The van der Waals surface area contributed by atoms with Gasteiger partial charge in [-0.25, -0.2) is 0 Å². The van der Waals surface area contributed by atoms with Gasteiger partial charge in [-0.2, -0.15) is 0 Å². The third-order valence-electron chi connectivity index (χ3n) is 3.80. The number of likely N-dealkylation sites (tertiary alicyclic amines) is 1. The normalized spacial score (nSPS) is 23.3. The predicted molar refractivity (Wildman–Crippen MR) is 79.6 cm³/mol. The Kier molecular flexibility index (Phi) is 4.50. The Morgan fingerprint density at radius 1 is 1.42 bits per heavy atom. The van der Waals surface area contributed by atoms with Crippen molar-refractivity contribution in [1.29, 1.82) is 0 Å². The molecule has 1 amide bonds. The minimum Gasteiger partial charge on any atom is -0.497 e. The second-order valence-electron chi connectivity index (χ2n) is 5.32. The fraction of sp³-hybridized carbons (Fsp3) is 0.533. The molecule has 3 nitrogen and oxygen atoms in total. The Morgan fingerprint density at radius 3 is 2.79 bits per heavy atom. The van der Waals surface area contributed by atoms with Crippen molar-refractivity contribution < 1.29 is 9.53 Å². The van der Waals surface area contributed by atoms with E-state index in [1.165, 1.54) is 0 Å². The Bertz CT molecular complexity index is 475. The van der Waals surface area contributed by atoms with Gasteiger partial charge < -0.3 is 9.64 Å². The van der Waals surface area contributed by atoms with Gasteiger partial charge >= 0.3 is 0 Å². The Morgan fingerprint density at radius 2 is 2.16 bits per heavy atom. The number of piperidine rings is 1. The van der Waals surface area contributed by atoms with Gasteiger partial charge in [0.2, 0.25) is 0 Å². The number of hydrogen-bond donors (Lipinski definition) is 0. The van der Waals surface area contributed by atoms with Gasteiger partial charge in [0.15, 0.2) is 0 Å². The van der Waals surface area contributed by atoms with E-state index in [9.17, 15) is 4.79 Å². The Hall–Kier alpha value is -1.03. The summed E-state index contributed by atoms with van der Waals surface area (Å²) in [5.74, 6) is 1.50. The highest BCUT2D eigenvalue weighted by Gasteiger charge is 2.28. The number of hydrogen-bond acceptors (Lipinski definition) is 2. The zero-order valence-electron chi connectivity index (χ0n) is 11.6. The number of benzene rings is 1. The van der Waals surface area contributed by atoms with Crippen molar-refractivity contribution in [3.8, 4) is 5.75 Å². The van der Waals surface area contributed by atoms with Crippen molar-refractivity contribution in [2.75, 3.05) is 13.7 Å². The van der Waals surface area contributed by atoms with Crippen LogP contribution >= 0.6 is 15.9 Å². The van der Waals surface area contributed by atoms with Crippen LogP contribution in [-0.4, -0.2) is 30.5 Å². The molecule has 2 rings (SSSR count). The summed E-state index contributed by atoms with van der Waals surface area (Å²) in [5, 5.41) is 0. The fourth-order valence-electron chi connectivity index (χ4n) is 2.66. The number of rotatable bonds is 2. The van der Waals surface area contributed by atoms with E-state index in [1.54, 1.807) is 13.2 Å². The molecule has 19 heavy (non-hydrogen) atoms. The van der Waals surface area contributed by atoms with Crippen molar-refractivity contribution in [2.24, 2.45) is 5.92 Å². The summed E-state index contributed by atoms with van der Waals surface area (Å²) >= 11 is 3.46. The van der Waals surface area contributed by atoms with Crippen molar-refractivity contribution in [1.82, 2.24) is 4.90 Å². The molecule has 1 aliphatic heterocycles. The highest BCUT2D eigenvalue weighted by atomic mass is 79.9. The molecule has 1 aromatic rings. The van der Waals surface area contributed by atoms with Crippen LogP contribution in [0.25, 0.3) is 0 Å². The molecule has 0 radical (unpaired) electrons. The zero-order chi connectivity index (χ0) is 14.0. The molecule has 0 aliphatic carbocycles. The second kappa shape index (κ2) is 5.95. The molecule has 1 aromatic carbocycles. The number of methoxy groups -OCH3 is 1. The maximum Gasteiger partial charge on any atom is 0.255 e. The average Bonchev–Trinajstić information content (AvgIpc) is 2.38. The molecule has 0 N–H and O–H groups in total. The number of carbonyl (C=O) groups excluding carboxylic acids is 1. The summed E-state index contributed by atoms with van der Waals surface area (Å²) in [6.07, 6.45) is 2.16. The summed E-state index contributed by atoms with van der Waals surface area (Å²) < 4.78 is 6.02. The minimum absolute atomic E-state index is 0.0881. The number of nitrogens with zero attached hydrogens (tertiary/aromatic N) is 1. The van der Waals surface area contributed by atoms with Crippen LogP contribution in [0.15, 0.2) is 22.7 Å². The van der Waals surface area contributed by atoms with E-state index < -0.39 is 0 Å². The monoisotopic (exact) mass is 325 g/mol. The van der Waals surface area contributed by atoms with Crippen LogP contribution in [0.5, 0.6) is 5.75 Å². The molecule has 2 unspecified atom stereocenters. The maximum atomic E-state index is 12.6. The highest BCUT2D eigenvalue weighted by molar-refractivity contribution is 9.10. The second-order valence-corrected chi connectivity index (χ2v) is 6.18. The van der Waals surface area contributed by atoms with Crippen LogP contribution in [0.3, 0.4) is 0 Å². The van der Waals surface area contributed by atoms with Gasteiger partial charge in [0.25, 0.3) is 5.91 Å². The van der Waals surface area contributed by atoms with Crippen LogP contribution in [-0.2, 0) is 0 Å². The lowest BCUT2D eigenvalue weighted by molar-refractivity contribution is 0.0587. The molecule has 1 aliphatic rings. The molecule has 1 heterocycles. The maximum absolute atomic E-state index is 12.6. The van der Waals surface area contributed by atoms with E-state index in [0.29, 0.717) is 23.3 Å². The van der Waals surface area contributed by atoms with Crippen LogP contribution < -0.4 is 4.74 Å². The van der Waals surface area contributed by atoms with Gasteiger partial charge in [0.05, 0.1) is 12.7 Å². The van der Waals surface area contributed by atoms with E-state index in [1.807, 2.05) is 17.0 Å². The molecule has 2 atom stereocenters. The van der Waals surface area contributed by atoms with Crippen molar-refractivity contribution in [3.63, 3.8) is 0 Å². The van der Waals surface area contributed by atoms with Gasteiger partial charge in [0, 0.05) is 17.1 Å². The molecular formula is C15H20BrNO2. The van der Waals surface area contributed by atoms with E-state index in [4.69, 9.17) is 4.74 Å². The fourth-order valence-corrected chi connectivity index (χ4v) is 3.08. The van der Waals surface area contributed by atoms with E-state index in [-0.39, 0.29) is 5.91 Å². The Labute approximate surface area is 123 Å².